The fourth-order valence-electron chi connectivity index (χ4n) is 4.02. The van der Waals surface area contributed by atoms with Gasteiger partial charge in [-0.3, -0.25) is 0 Å². The predicted molar refractivity (Wildman–Crippen MR) is 92.9 cm³/mol. The lowest BCUT2D eigenvalue weighted by molar-refractivity contribution is -0.0870. The Bertz CT molecular complexity index is 560. The van der Waals surface area contributed by atoms with Crippen LogP contribution in [0, 0.1) is 5.92 Å². The molecule has 1 aromatic rings. The fourth-order valence-corrected chi connectivity index (χ4v) is 4.02. The Morgan fingerprint density at radius 1 is 1.25 bits per heavy atom. The van der Waals surface area contributed by atoms with Gasteiger partial charge in [0.15, 0.2) is 0 Å². The second-order valence-electron chi connectivity index (χ2n) is 7.24. The minimum atomic E-state index is -0.534. The summed E-state index contributed by atoms with van der Waals surface area (Å²) in [5.41, 5.74) is 0.626. The molecule has 0 bridgehead atoms. The summed E-state index contributed by atoms with van der Waals surface area (Å²) >= 11 is 0. The van der Waals surface area contributed by atoms with Gasteiger partial charge in [-0.25, -0.2) is 4.79 Å². The molecule has 1 saturated carbocycles. The van der Waals surface area contributed by atoms with Crippen LogP contribution in [0.1, 0.15) is 44.1 Å². The molecule has 1 aliphatic carbocycles. The fraction of sp³-hybridized carbons (Fsp3) is 0.632. The number of fused-ring (bicyclic) bond motifs is 1. The summed E-state index contributed by atoms with van der Waals surface area (Å²) in [6.45, 7) is 1.97. The topological polar surface area (TPSA) is 72.8 Å². The number of nitrogens with zero attached hydrogens (tertiary/aromatic N) is 1. The molecule has 24 heavy (non-hydrogen) atoms. The number of urea groups is 1. The van der Waals surface area contributed by atoms with Crippen LogP contribution < -0.4 is 5.32 Å². The third-order valence-electron chi connectivity index (χ3n) is 5.57. The van der Waals surface area contributed by atoms with Gasteiger partial charge in [-0.05, 0) is 49.8 Å². The molecule has 0 spiro atoms. The normalized spacial score (nSPS) is 26.7. The number of aliphatic hydroxyl groups is 1. The number of phenolic OH excluding ortho intramolecular Hbond substituents is 1. The van der Waals surface area contributed by atoms with Crippen molar-refractivity contribution in [2.45, 2.75) is 50.5 Å². The molecular weight excluding hydrogens is 304 g/mol. The molecular formula is C19H28N2O3. The van der Waals surface area contributed by atoms with Crippen LogP contribution in [0.15, 0.2) is 24.3 Å². The molecule has 3 rings (SSSR count). The maximum Gasteiger partial charge on any atom is 0.317 e. The van der Waals surface area contributed by atoms with Crippen molar-refractivity contribution in [3.05, 3.63) is 29.8 Å². The van der Waals surface area contributed by atoms with E-state index in [-0.39, 0.29) is 17.7 Å². The highest BCUT2D eigenvalue weighted by Gasteiger charge is 2.43. The van der Waals surface area contributed by atoms with Gasteiger partial charge in [0.25, 0.3) is 0 Å². The number of hydrogen-bond acceptors (Lipinski definition) is 3. The van der Waals surface area contributed by atoms with Crippen molar-refractivity contribution >= 4 is 6.03 Å². The maximum absolute atomic E-state index is 12.3. The van der Waals surface area contributed by atoms with Crippen LogP contribution in [0.3, 0.4) is 0 Å². The highest BCUT2D eigenvalue weighted by molar-refractivity contribution is 5.74. The summed E-state index contributed by atoms with van der Waals surface area (Å²) in [5.74, 6) is 0.516. The number of benzene rings is 1. The van der Waals surface area contributed by atoms with Crippen molar-refractivity contribution < 1.29 is 15.0 Å². The van der Waals surface area contributed by atoms with E-state index in [0.717, 1.165) is 44.1 Å². The minimum absolute atomic E-state index is 0.00618. The molecule has 2 aliphatic rings. The second kappa shape index (κ2) is 7.43. The van der Waals surface area contributed by atoms with E-state index in [1.54, 1.807) is 12.1 Å². The summed E-state index contributed by atoms with van der Waals surface area (Å²) < 4.78 is 0. The molecule has 1 aliphatic heterocycles. The van der Waals surface area contributed by atoms with Crippen LogP contribution in [0.25, 0.3) is 0 Å². The number of aromatic hydroxyl groups is 1. The van der Waals surface area contributed by atoms with Gasteiger partial charge in [-0.1, -0.05) is 25.0 Å². The number of aryl methyl sites for hydroxylation is 1. The molecule has 1 aromatic carbocycles. The summed E-state index contributed by atoms with van der Waals surface area (Å²) in [7, 11) is 0. The van der Waals surface area contributed by atoms with Gasteiger partial charge in [0.2, 0.25) is 0 Å². The molecule has 0 aromatic heterocycles. The van der Waals surface area contributed by atoms with Crippen molar-refractivity contribution in [1.82, 2.24) is 10.2 Å². The van der Waals surface area contributed by atoms with E-state index in [1.165, 1.54) is 0 Å². The maximum atomic E-state index is 12.3. The van der Waals surface area contributed by atoms with Crippen molar-refractivity contribution in [2.75, 3.05) is 19.6 Å². The SMILES string of the molecule is O=C(NCCCc1ccc(O)cc1)N1CC[C@@]2(O)CCCC[C@H]2C1. The molecule has 5 nitrogen and oxygen atoms in total. The van der Waals surface area contributed by atoms with E-state index in [0.29, 0.717) is 26.1 Å². The Hall–Kier alpha value is -1.75. The van der Waals surface area contributed by atoms with Crippen LogP contribution >= 0.6 is 0 Å². The standard InChI is InChI=1S/C19H28N2O3/c22-17-8-6-15(7-9-17)4-3-12-20-18(23)21-13-11-19(24)10-2-1-5-16(19)14-21/h6-9,16,22,24H,1-5,10-14H2,(H,20,23)/t16-,19-/m0/s1. The number of carbonyl (C=O) groups excluding carboxylic acids is 1. The van der Waals surface area contributed by atoms with Crippen LogP contribution in [-0.2, 0) is 6.42 Å². The van der Waals surface area contributed by atoms with Crippen molar-refractivity contribution in [1.29, 1.82) is 0 Å². The van der Waals surface area contributed by atoms with Crippen molar-refractivity contribution in [3.8, 4) is 5.75 Å². The zero-order valence-electron chi connectivity index (χ0n) is 14.2. The van der Waals surface area contributed by atoms with Crippen LogP contribution in [0.5, 0.6) is 5.75 Å². The van der Waals surface area contributed by atoms with Crippen molar-refractivity contribution in [3.63, 3.8) is 0 Å². The van der Waals surface area contributed by atoms with E-state index in [9.17, 15) is 15.0 Å². The highest BCUT2D eigenvalue weighted by atomic mass is 16.3. The van der Waals surface area contributed by atoms with Gasteiger partial charge in [-0.15, -0.1) is 0 Å². The number of rotatable bonds is 4. The Morgan fingerprint density at radius 2 is 2.04 bits per heavy atom. The van der Waals surface area contributed by atoms with Crippen LogP contribution in [0.2, 0.25) is 0 Å². The Kier molecular flexibility index (Phi) is 5.29. The smallest absolute Gasteiger partial charge is 0.317 e. The van der Waals surface area contributed by atoms with Gasteiger partial charge in [0.1, 0.15) is 5.75 Å². The van der Waals surface area contributed by atoms with E-state index in [4.69, 9.17) is 0 Å². The highest BCUT2D eigenvalue weighted by Crippen LogP contribution is 2.39. The zero-order chi connectivity index (χ0) is 17.0. The minimum Gasteiger partial charge on any atom is -0.508 e. The molecule has 2 amide bonds. The second-order valence-corrected chi connectivity index (χ2v) is 7.24. The summed E-state index contributed by atoms with van der Waals surface area (Å²) in [6, 6.07) is 7.19. The number of likely N-dealkylation sites (tertiary alicyclic amines) is 1. The molecule has 0 unspecified atom stereocenters. The molecule has 0 radical (unpaired) electrons. The van der Waals surface area contributed by atoms with Gasteiger partial charge < -0.3 is 20.4 Å². The van der Waals surface area contributed by atoms with E-state index < -0.39 is 5.60 Å². The largest absolute Gasteiger partial charge is 0.508 e. The number of phenols is 1. The molecule has 1 saturated heterocycles. The number of piperidine rings is 1. The van der Waals surface area contributed by atoms with Gasteiger partial charge in [0.05, 0.1) is 5.60 Å². The quantitative estimate of drug-likeness (QED) is 0.742. The number of hydrogen-bond donors (Lipinski definition) is 3. The Balaban J connectivity index is 1.40. The van der Waals surface area contributed by atoms with Gasteiger partial charge >= 0.3 is 6.03 Å². The first-order valence-electron chi connectivity index (χ1n) is 9.10. The van der Waals surface area contributed by atoms with E-state index in [2.05, 4.69) is 5.32 Å². The lowest BCUT2D eigenvalue weighted by Crippen LogP contribution is -2.56. The monoisotopic (exact) mass is 332 g/mol. The Labute approximate surface area is 143 Å². The first kappa shape index (κ1) is 17.1. The molecule has 2 fully saturated rings. The first-order valence-corrected chi connectivity index (χ1v) is 9.10. The Morgan fingerprint density at radius 3 is 2.83 bits per heavy atom. The van der Waals surface area contributed by atoms with Gasteiger partial charge in [-0.2, -0.15) is 0 Å². The van der Waals surface area contributed by atoms with Crippen molar-refractivity contribution in [2.24, 2.45) is 5.92 Å². The third kappa shape index (κ3) is 4.01. The summed E-state index contributed by atoms with van der Waals surface area (Å²) in [6.07, 6.45) is 6.64. The average molecular weight is 332 g/mol. The molecule has 5 heteroatoms. The summed E-state index contributed by atoms with van der Waals surface area (Å²) in [4.78, 5) is 14.2. The lowest BCUT2D eigenvalue weighted by atomic mass is 9.71. The average Bonchev–Trinajstić information content (AvgIpc) is 2.59. The molecule has 1 heterocycles. The number of nitrogens with one attached hydrogen (secondary N) is 1. The third-order valence-corrected chi connectivity index (χ3v) is 5.57. The van der Waals surface area contributed by atoms with Crippen LogP contribution in [0.4, 0.5) is 4.79 Å². The predicted octanol–water partition coefficient (Wildman–Crippen LogP) is 2.66. The molecule has 3 N–H and O–H groups in total. The number of amides is 2. The van der Waals surface area contributed by atoms with E-state index in [1.807, 2.05) is 17.0 Å². The van der Waals surface area contributed by atoms with Gasteiger partial charge in [0, 0.05) is 25.6 Å². The molecule has 132 valence electrons. The summed E-state index contributed by atoms with van der Waals surface area (Å²) in [5, 5.41) is 22.9. The van der Waals surface area contributed by atoms with E-state index >= 15 is 0 Å². The first-order chi connectivity index (χ1) is 11.6. The van der Waals surface area contributed by atoms with Crippen LogP contribution in [-0.4, -0.2) is 46.4 Å². The zero-order valence-corrected chi connectivity index (χ0v) is 14.2. The lowest BCUT2D eigenvalue weighted by Gasteiger charge is -2.47. The number of carbonyl (C=O) groups is 1. The molecule has 2 atom stereocenters.